The van der Waals surface area contributed by atoms with Gasteiger partial charge in [0, 0.05) is 24.7 Å². The average molecular weight is 306 g/mol. The third-order valence-electron chi connectivity index (χ3n) is 3.84. The number of carbonyl (C=O) groups excluding carboxylic acids is 1. The van der Waals surface area contributed by atoms with E-state index in [1.54, 1.807) is 12.1 Å². The summed E-state index contributed by atoms with van der Waals surface area (Å²) >= 11 is 0. The lowest BCUT2D eigenvalue weighted by molar-refractivity contribution is -0.144. The molecule has 1 amide bonds. The monoisotopic (exact) mass is 306 g/mol. The Kier molecular flexibility index (Phi) is 5.77. The maximum Gasteiger partial charge on any atom is 0.308 e. The number of rotatable bonds is 6. The molecular formula is C16H22N2O4. The summed E-state index contributed by atoms with van der Waals surface area (Å²) in [6, 6.07) is 6.20. The van der Waals surface area contributed by atoms with Gasteiger partial charge < -0.3 is 20.4 Å². The summed E-state index contributed by atoms with van der Waals surface area (Å²) in [5.74, 6) is -1.96. The van der Waals surface area contributed by atoms with Gasteiger partial charge in [-0.2, -0.15) is 0 Å². The van der Waals surface area contributed by atoms with E-state index in [1.807, 2.05) is 0 Å². The van der Waals surface area contributed by atoms with Gasteiger partial charge in [0.2, 0.25) is 5.91 Å². The van der Waals surface area contributed by atoms with Crippen molar-refractivity contribution in [1.82, 2.24) is 4.90 Å². The third-order valence-corrected chi connectivity index (χ3v) is 3.84. The summed E-state index contributed by atoms with van der Waals surface area (Å²) in [5, 5.41) is 21.3. The van der Waals surface area contributed by atoms with E-state index < -0.39 is 11.9 Å². The summed E-state index contributed by atoms with van der Waals surface area (Å²) in [4.78, 5) is 25.5. The number of phenols is 1. The van der Waals surface area contributed by atoms with Gasteiger partial charge >= 0.3 is 5.97 Å². The zero-order valence-electron chi connectivity index (χ0n) is 12.5. The van der Waals surface area contributed by atoms with Gasteiger partial charge in [-0.1, -0.05) is 12.5 Å². The number of phenolic OH excluding ortho intramolecular Hbond substituents is 1. The minimum absolute atomic E-state index is 0.0564. The Morgan fingerprint density at radius 3 is 2.59 bits per heavy atom. The number of carboxylic acid groups (broad SMARTS) is 1. The number of likely N-dealkylation sites (tertiary alicyclic amines) is 1. The maximum atomic E-state index is 12.0. The fraction of sp³-hybridized carbons (Fsp3) is 0.500. The van der Waals surface area contributed by atoms with Crippen LogP contribution in [0, 0.1) is 5.92 Å². The maximum absolute atomic E-state index is 12.0. The van der Waals surface area contributed by atoms with Crippen LogP contribution in [-0.4, -0.2) is 46.6 Å². The molecule has 3 N–H and O–H groups in total. The van der Waals surface area contributed by atoms with Crippen molar-refractivity contribution >= 4 is 17.6 Å². The predicted octanol–water partition coefficient (Wildman–Crippen LogP) is 1.91. The van der Waals surface area contributed by atoms with Crippen LogP contribution in [0.15, 0.2) is 24.3 Å². The molecule has 2 rings (SSSR count). The van der Waals surface area contributed by atoms with Crippen LogP contribution in [0.2, 0.25) is 0 Å². The van der Waals surface area contributed by atoms with Crippen LogP contribution in [0.1, 0.15) is 25.7 Å². The van der Waals surface area contributed by atoms with Gasteiger partial charge in [-0.3, -0.25) is 9.59 Å². The summed E-state index contributed by atoms with van der Waals surface area (Å²) in [6.45, 7) is 2.21. The molecule has 0 aromatic heterocycles. The number of amides is 1. The normalized spacial score (nSPS) is 16.9. The Morgan fingerprint density at radius 2 is 1.95 bits per heavy atom. The molecule has 0 saturated carbocycles. The standard InChI is InChI=1S/C16H22N2O4/c19-14-6-4-5-13(10-14)17-15(20)9-12(16(21)22)11-18-7-2-1-3-8-18/h4-6,10,12,19H,1-3,7-9,11H2,(H,17,20)(H,21,22)/t12-/m0/s1. The summed E-state index contributed by atoms with van der Waals surface area (Å²) < 4.78 is 0. The van der Waals surface area contributed by atoms with Crippen molar-refractivity contribution < 1.29 is 19.8 Å². The van der Waals surface area contributed by atoms with Crippen LogP contribution < -0.4 is 5.32 Å². The highest BCUT2D eigenvalue weighted by molar-refractivity contribution is 5.93. The first-order valence-electron chi connectivity index (χ1n) is 7.58. The number of carboxylic acids is 1. The van der Waals surface area contributed by atoms with E-state index in [-0.39, 0.29) is 18.1 Å². The minimum Gasteiger partial charge on any atom is -0.508 e. The molecule has 0 unspecified atom stereocenters. The second-order valence-corrected chi connectivity index (χ2v) is 5.70. The Bertz CT molecular complexity index is 527. The van der Waals surface area contributed by atoms with Crippen LogP contribution in [0.3, 0.4) is 0 Å². The SMILES string of the molecule is O=C(C[C@@H](CN1CCCCC1)C(=O)O)Nc1cccc(O)c1. The lowest BCUT2D eigenvalue weighted by Crippen LogP contribution is -2.38. The Labute approximate surface area is 129 Å². The van der Waals surface area contributed by atoms with Crippen molar-refractivity contribution in [2.24, 2.45) is 5.92 Å². The number of hydrogen-bond acceptors (Lipinski definition) is 4. The van der Waals surface area contributed by atoms with Gasteiger partial charge in [-0.05, 0) is 38.1 Å². The zero-order valence-corrected chi connectivity index (χ0v) is 12.5. The van der Waals surface area contributed by atoms with Crippen LogP contribution in [0.5, 0.6) is 5.75 Å². The number of piperidine rings is 1. The molecule has 6 heteroatoms. The first-order valence-corrected chi connectivity index (χ1v) is 7.58. The van der Waals surface area contributed by atoms with Crippen LogP contribution in [-0.2, 0) is 9.59 Å². The molecule has 1 aromatic rings. The highest BCUT2D eigenvalue weighted by atomic mass is 16.4. The van der Waals surface area contributed by atoms with E-state index in [2.05, 4.69) is 10.2 Å². The van der Waals surface area contributed by atoms with E-state index in [4.69, 9.17) is 0 Å². The summed E-state index contributed by atoms with van der Waals surface area (Å²) in [7, 11) is 0. The molecule has 1 aromatic carbocycles. The number of nitrogens with one attached hydrogen (secondary N) is 1. The van der Waals surface area contributed by atoms with Crippen molar-refractivity contribution in [1.29, 1.82) is 0 Å². The second kappa shape index (κ2) is 7.79. The topological polar surface area (TPSA) is 89.9 Å². The lowest BCUT2D eigenvalue weighted by Gasteiger charge is -2.28. The molecule has 120 valence electrons. The number of aliphatic carboxylic acids is 1. The number of benzene rings is 1. The van der Waals surface area contributed by atoms with Gasteiger partial charge in [0.15, 0.2) is 0 Å². The van der Waals surface area contributed by atoms with Gasteiger partial charge in [0.05, 0.1) is 5.92 Å². The smallest absolute Gasteiger partial charge is 0.308 e. The van der Waals surface area contributed by atoms with E-state index in [0.29, 0.717) is 12.2 Å². The average Bonchev–Trinajstić information content (AvgIpc) is 2.47. The predicted molar refractivity (Wildman–Crippen MR) is 82.8 cm³/mol. The van der Waals surface area contributed by atoms with Crippen molar-refractivity contribution in [3.05, 3.63) is 24.3 Å². The molecule has 0 radical (unpaired) electrons. The van der Waals surface area contributed by atoms with Gasteiger partial charge in [0.25, 0.3) is 0 Å². The number of aromatic hydroxyl groups is 1. The lowest BCUT2D eigenvalue weighted by atomic mass is 10.0. The van der Waals surface area contributed by atoms with Gasteiger partial charge in [-0.25, -0.2) is 0 Å². The molecule has 22 heavy (non-hydrogen) atoms. The van der Waals surface area contributed by atoms with Crippen LogP contribution in [0.4, 0.5) is 5.69 Å². The molecule has 1 heterocycles. The highest BCUT2D eigenvalue weighted by Gasteiger charge is 2.25. The first kappa shape index (κ1) is 16.3. The number of nitrogens with zero attached hydrogens (tertiary/aromatic N) is 1. The fourth-order valence-corrected chi connectivity index (χ4v) is 2.70. The fourth-order valence-electron chi connectivity index (χ4n) is 2.70. The van der Waals surface area contributed by atoms with Crippen molar-refractivity contribution in [2.45, 2.75) is 25.7 Å². The molecule has 6 nitrogen and oxygen atoms in total. The Balaban J connectivity index is 1.89. The van der Waals surface area contributed by atoms with E-state index in [9.17, 15) is 19.8 Å². The molecule has 1 atom stereocenters. The van der Waals surface area contributed by atoms with E-state index >= 15 is 0 Å². The second-order valence-electron chi connectivity index (χ2n) is 5.70. The summed E-state index contributed by atoms with van der Waals surface area (Å²) in [6.07, 6.45) is 3.29. The number of hydrogen-bond donors (Lipinski definition) is 3. The van der Waals surface area contributed by atoms with Crippen LogP contribution >= 0.6 is 0 Å². The number of carbonyl (C=O) groups is 2. The largest absolute Gasteiger partial charge is 0.508 e. The minimum atomic E-state index is -0.948. The molecule has 1 aliphatic rings. The highest BCUT2D eigenvalue weighted by Crippen LogP contribution is 2.17. The number of anilines is 1. The van der Waals surface area contributed by atoms with E-state index in [1.165, 1.54) is 18.6 Å². The molecule has 0 aliphatic carbocycles. The Hall–Kier alpha value is -2.08. The van der Waals surface area contributed by atoms with E-state index in [0.717, 1.165) is 25.9 Å². The molecular weight excluding hydrogens is 284 g/mol. The van der Waals surface area contributed by atoms with Gasteiger partial charge in [-0.15, -0.1) is 0 Å². The first-order chi connectivity index (χ1) is 10.5. The van der Waals surface area contributed by atoms with Crippen molar-refractivity contribution in [2.75, 3.05) is 25.0 Å². The molecule has 1 saturated heterocycles. The van der Waals surface area contributed by atoms with Gasteiger partial charge in [0.1, 0.15) is 5.75 Å². The third kappa shape index (κ3) is 5.04. The molecule has 1 aliphatic heterocycles. The molecule has 0 bridgehead atoms. The zero-order chi connectivity index (χ0) is 15.9. The Morgan fingerprint density at radius 1 is 1.23 bits per heavy atom. The summed E-state index contributed by atoms with van der Waals surface area (Å²) in [5.41, 5.74) is 0.465. The quantitative estimate of drug-likeness (QED) is 0.747. The van der Waals surface area contributed by atoms with Crippen molar-refractivity contribution in [3.63, 3.8) is 0 Å². The molecule has 0 spiro atoms. The molecule has 1 fully saturated rings. The van der Waals surface area contributed by atoms with Crippen molar-refractivity contribution in [3.8, 4) is 5.75 Å². The van der Waals surface area contributed by atoms with Crippen LogP contribution in [0.25, 0.3) is 0 Å².